The molecule has 0 unspecified atom stereocenters. The molecule has 6 nitrogen and oxygen atoms in total. The Bertz CT molecular complexity index is 1190. The van der Waals surface area contributed by atoms with Crippen LogP contribution < -0.4 is 14.8 Å². The molecule has 1 heterocycles. The predicted molar refractivity (Wildman–Crippen MR) is 123 cm³/mol. The number of carbonyl (C=O) groups is 1. The predicted octanol–water partition coefficient (Wildman–Crippen LogP) is 5.08. The molecule has 32 heavy (non-hydrogen) atoms. The number of benzene rings is 2. The molecule has 1 saturated carbocycles. The van der Waals surface area contributed by atoms with Crippen LogP contribution >= 0.6 is 0 Å². The van der Waals surface area contributed by atoms with E-state index < -0.39 is 0 Å². The maximum absolute atomic E-state index is 12.3. The second-order valence-electron chi connectivity index (χ2n) is 7.85. The molecule has 0 bridgehead atoms. The quantitative estimate of drug-likeness (QED) is 0.421. The van der Waals surface area contributed by atoms with Gasteiger partial charge >= 0.3 is 0 Å². The van der Waals surface area contributed by atoms with Crippen molar-refractivity contribution in [3.63, 3.8) is 0 Å². The normalized spacial score (nSPS) is 13.4. The molecule has 1 N–H and O–H groups in total. The number of hydrogen-bond donors (Lipinski definition) is 1. The van der Waals surface area contributed by atoms with Crippen molar-refractivity contribution in [1.29, 1.82) is 5.26 Å². The second kappa shape index (κ2) is 9.03. The molecule has 2 aromatic carbocycles. The number of aryl methyl sites for hydroxylation is 1. The van der Waals surface area contributed by atoms with Crippen molar-refractivity contribution >= 4 is 12.0 Å². The molecule has 0 radical (unpaired) electrons. The number of nitrogens with one attached hydrogen (secondary N) is 1. The molecule has 0 saturated heterocycles. The minimum Gasteiger partial charge on any atom is -0.497 e. The van der Waals surface area contributed by atoms with Crippen LogP contribution in [-0.2, 0) is 4.79 Å². The van der Waals surface area contributed by atoms with Crippen molar-refractivity contribution in [2.75, 3.05) is 7.11 Å². The van der Waals surface area contributed by atoms with Crippen LogP contribution in [0.3, 0.4) is 0 Å². The van der Waals surface area contributed by atoms with Gasteiger partial charge in [-0.25, -0.2) is 0 Å². The van der Waals surface area contributed by atoms with Crippen molar-refractivity contribution in [2.24, 2.45) is 0 Å². The van der Waals surface area contributed by atoms with Crippen LogP contribution in [0.15, 0.2) is 60.2 Å². The second-order valence-corrected chi connectivity index (χ2v) is 7.85. The number of amides is 1. The van der Waals surface area contributed by atoms with Crippen LogP contribution in [0.25, 0.3) is 11.8 Å². The number of nitriles is 1. The standard InChI is InChI=1S/C26H25N3O3/c1-17-14-19(15-20(16-27)26(30)28-21-4-5-21)18(2)29(17)22-6-8-24(9-7-22)32-25-12-10-23(31-3)11-13-25/h6-15,21H,4-5H2,1-3H3,(H,28,30)/b20-15+. The van der Waals surface area contributed by atoms with Crippen LogP contribution in [0, 0.1) is 25.2 Å². The van der Waals surface area contributed by atoms with Gasteiger partial charge in [-0.2, -0.15) is 5.26 Å². The molecular weight excluding hydrogens is 402 g/mol. The molecular formula is C26H25N3O3. The smallest absolute Gasteiger partial charge is 0.262 e. The molecule has 1 amide bonds. The Morgan fingerprint density at radius 1 is 1.06 bits per heavy atom. The number of methoxy groups -OCH3 is 1. The first-order valence-corrected chi connectivity index (χ1v) is 10.5. The minimum atomic E-state index is -0.306. The van der Waals surface area contributed by atoms with Gasteiger partial charge in [0.2, 0.25) is 0 Å². The number of carbonyl (C=O) groups excluding carboxylic acids is 1. The average molecular weight is 428 g/mol. The van der Waals surface area contributed by atoms with Gasteiger partial charge in [-0.1, -0.05) is 0 Å². The van der Waals surface area contributed by atoms with E-state index in [0.717, 1.165) is 52.7 Å². The molecule has 1 aromatic heterocycles. The number of hydrogen-bond acceptors (Lipinski definition) is 4. The topological polar surface area (TPSA) is 76.3 Å². The van der Waals surface area contributed by atoms with Crippen LogP contribution in [0.1, 0.15) is 29.8 Å². The van der Waals surface area contributed by atoms with Gasteiger partial charge in [0, 0.05) is 23.1 Å². The Morgan fingerprint density at radius 2 is 1.66 bits per heavy atom. The van der Waals surface area contributed by atoms with Gasteiger partial charge in [-0.3, -0.25) is 4.79 Å². The summed E-state index contributed by atoms with van der Waals surface area (Å²) in [6.45, 7) is 3.98. The Kier molecular flexibility index (Phi) is 6.00. The van der Waals surface area contributed by atoms with Gasteiger partial charge in [-0.15, -0.1) is 0 Å². The monoisotopic (exact) mass is 427 g/mol. The van der Waals surface area contributed by atoms with Crippen LogP contribution in [-0.4, -0.2) is 23.6 Å². The Hall–Kier alpha value is -3.98. The van der Waals surface area contributed by atoms with E-state index in [2.05, 4.69) is 9.88 Å². The molecule has 0 aliphatic heterocycles. The van der Waals surface area contributed by atoms with Crippen molar-refractivity contribution in [2.45, 2.75) is 32.7 Å². The zero-order valence-corrected chi connectivity index (χ0v) is 18.4. The van der Waals surface area contributed by atoms with E-state index in [9.17, 15) is 10.1 Å². The SMILES string of the molecule is COc1ccc(Oc2ccc(-n3c(C)cc(/C=C(\C#N)C(=O)NC4CC4)c3C)cc2)cc1. The third kappa shape index (κ3) is 4.68. The first-order valence-electron chi connectivity index (χ1n) is 10.5. The van der Waals surface area contributed by atoms with Gasteiger partial charge < -0.3 is 19.4 Å². The summed E-state index contributed by atoms with van der Waals surface area (Å²) >= 11 is 0. The van der Waals surface area contributed by atoms with Crippen molar-refractivity contribution < 1.29 is 14.3 Å². The third-order valence-corrected chi connectivity index (χ3v) is 5.44. The van der Waals surface area contributed by atoms with E-state index in [1.807, 2.05) is 74.5 Å². The van der Waals surface area contributed by atoms with Crippen molar-refractivity contribution in [3.8, 4) is 29.0 Å². The van der Waals surface area contributed by atoms with Gasteiger partial charge in [-0.05, 0) is 92.9 Å². The van der Waals surface area contributed by atoms with Crippen LogP contribution in [0.4, 0.5) is 0 Å². The molecule has 4 rings (SSSR count). The maximum Gasteiger partial charge on any atom is 0.262 e. The first kappa shape index (κ1) is 21.3. The Morgan fingerprint density at radius 3 is 2.22 bits per heavy atom. The van der Waals surface area contributed by atoms with E-state index in [4.69, 9.17) is 9.47 Å². The molecule has 3 aromatic rings. The zero-order chi connectivity index (χ0) is 22.7. The van der Waals surface area contributed by atoms with E-state index in [0.29, 0.717) is 0 Å². The average Bonchev–Trinajstić information content (AvgIpc) is 3.57. The van der Waals surface area contributed by atoms with E-state index in [-0.39, 0.29) is 17.5 Å². The fourth-order valence-electron chi connectivity index (χ4n) is 3.57. The summed E-state index contributed by atoms with van der Waals surface area (Å²) in [4.78, 5) is 12.3. The lowest BCUT2D eigenvalue weighted by Gasteiger charge is -2.11. The fraction of sp³-hybridized carbons (Fsp3) is 0.231. The zero-order valence-electron chi connectivity index (χ0n) is 18.4. The summed E-state index contributed by atoms with van der Waals surface area (Å²) < 4.78 is 13.2. The van der Waals surface area contributed by atoms with Crippen molar-refractivity contribution in [3.05, 3.63) is 77.1 Å². The molecule has 162 valence electrons. The highest BCUT2D eigenvalue weighted by Gasteiger charge is 2.25. The van der Waals surface area contributed by atoms with Crippen LogP contribution in [0.2, 0.25) is 0 Å². The lowest BCUT2D eigenvalue weighted by Crippen LogP contribution is -2.26. The summed E-state index contributed by atoms with van der Waals surface area (Å²) in [5.41, 5.74) is 3.92. The molecule has 1 fully saturated rings. The molecule has 0 atom stereocenters. The highest BCUT2D eigenvalue weighted by molar-refractivity contribution is 6.02. The largest absolute Gasteiger partial charge is 0.497 e. The van der Waals surface area contributed by atoms with Crippen molar-refractivity contribution in [1.82, 2.24) is 9.88 Å². The summed E-state index contributed by atoms with van der Waals surface area (Å²) in [6.07, 6.45) is 3.63. The van der Waals surface area contributed by atoms with Gasteiger partial charge in [0.15, 0.2) is 0 Å². The van der Waals surface area contributed by atoms with Gasteiger partial charge in [0.05, 0.1) is 7.11 Å². The summed E-state index contributed by atoms with van der Waals surface area (Å²) in [7, 11) is 1.63. The maximum atomic E-state index is 12.3. The number of nitrogens with zero attached hydrogens (tertiary/aromatic N) is 2. The van der Waals surface area contributed by atoms with Gasteiger partial charge in [0.25, 0.3) is 5.91 Å². The number of aromatic nitrogens is 1. The number of rotatable bonds is 7. The highest BCUT2D eigenvalue weighted by atomic mass is 16.5. The number of ether oxygens (including phenoxy) is 2. The first-order chi connectivity index (χ1) is 15.5. The minimum absolute atomic E-state index is 0.125. The Balaban J connectivity index is 1.54. The van der Waals surface area contributed by atoms with E-state index in [1.165, 1.54) is 0 Å². The summed E-state index contributed by atoms with van der Waals surface area (Å²) in [5, 5.41) is 12.3. The Labute approximate surface area is 187 Å². The molecule has 0 spiro atoms. The van der Waals surface area contributed by atoms with Crippen LogP contribution in [0.5, 0.6) is 17.2 Å². The summed E-state index contributed by atoms with van der Waals surface area (Å²) in [6, 6.07) is 19.4. The lowest BCUT2D eigenvalue weighted by molar-refractivity contribution is -0.117. The van der Waals surface area contributed by atoms with Gasteiger partial charge in [0.1, 0.15) is 28.9 Å². The molecule has 1 aliphatic rings. The summed E-state index contributed by atoms with van der Waals surface area (Å²) in [5.74, 6) is 1.93. The fourth-order valence-corrected chi connectivity index (χ4v) is 3.57. The molecule has 1 aliphatic carbocycles. The third-order valence-electron chi connectivity index (χ3n) is 5.44. The van der Waals surface area contributed by atoms with E-state index in [1.54, 1.807) is 13.2 Å². The molecule has 6 heteroatoms. The lowest BCUT2D eigenvalue weighted by atomic mass is 10.1. The highest BCUT2D eigenvalue weighted by Crippen LogP contribution is 2.27. The van der Waals surface area contributed by atoms with E-state index >= 15 is 0 Å².